The van der Waals surface area contributed by atoms with Gasteiger partial charge in [0.25, 0.3) is 0 Å². The molecule has 50 heavy (non-hydrogen) atoms. The summed E-state index contributed by atoms with van der Waals surface area (Å²) in [6.07, 6.45) is 2.83. The van der Waals surface area contributed by atoms with E-state index in [1.165, 1.54) is 24.9 Å². The van der Waals surface area contributed by atoms with Crippen molar-refractivity contribution in [1.82, 2.24) is 0 Å². The SMILES string of the molecule is CC(C)c1cccc(C(C)C)c1[Si]1(c2c(C([Si](C)(C)C)[Si](C)(C)C)cc(C([Si](C)(C)C)[Si](C)(C)C)cc2C([Si](C)(C)C)[Si](C)(C)C)CCCC1. The molecule has 7 heteroatoms. The molecule has 0 nitrogen and oxygen atoms in total. The predicted molar refractivity (Wildman–Crippen MR) is 253 cm³/mol. The van der Waals surface area contributed by atoms with Gasteiger partial charge in [0.2, 0.25) is 0 Å². The molecule has 0 N–H and O–H groups in total. The molecule has 0 atom stereocenters. The van der Waals surface area contributed by atoms with Gasteiger partial charge in [-0.1, -0.05) is 200 Å². The third-order valence-electron chi connectivity index (χ3n) is 12.2. The fourth-order valence-electron chi connectivity index (χ4n) is 12.4. The maximum atomic E-state index is 3.01. The van der Waals surface area contributed by atoms with E-state index in [2.05, 4.69) is 176 Å². The van der Waals surface area contributed by atoms with Gasteiger partial charge in [0.05, 0.1) is 0 Å². The van der Waals surface area contributed by atoms with Crippen LogP contribution in [-0.2, 0) is 0 Å². The Kier molecular flexibility index (Phi) is 13.2. The molecule has 284 valence electrons. The highest BCUT2D eigenvalue weighted by molar-refractivity contribution is 7.06. The van der Waals surface area contributed by atoms with Crippen molar-refractivity contribution < 1.29 is 0 Å². The van der Waals surface area contributed by atoms with E-state index < -0.39 is 56.5 Å². The summed E-state index contributed by atoms with van der Waals surface area (Å²) in [6.45, 7) is 59.2. The lowest BCUT2D eigenvalue weighted by Gasteiger charge is -2.49. The summed E-state index contributed by atoms with van der Waals surface area (Å²) in [6, 6.07) is 16.5. The van der Waals surface area contributed by atoms with E-state index in [9.17, 15) is 0 Å². The monoisotopic (exact) mass is 796 g/mol. The fraction of sp³-hybridized carbons (Fsp3) is 0.721. The van der Waals surface area contributed by atoms with Crippen molar-refractivity contribution in [3.63, 3.8) is 0 Å². The van der Waals surface area contributed by atoms with Gasteiger partial charge in [0, 0.05) is 48.4 Å². The predicted octanol–water partition coefficient (Wildman–Crippen LogP) is 13.8. The normalized spacial score (nSPS) is 16.9. The van der Waals surface area contributed by atoms with Crippen LogP contribution in [0.1, 0.15) is 95.7 Å². The molecular formula is C43H84Si7. The second kappa shape index (κ2) is 14.9. The van der Waals surface area contributed by atoms with Crippen LogP contribution < -0.4 is 10.4 Å². The highest BCUT2D eigenvalue weighted by Gasteiger charge is 2.53. The zero-order valence-corrected chi connectivity index (χ0v) is 44.6. The van der Waals surface area contributed by atoms with Gasteiger partial charge in [-0.2, -0.15) is 0 Å². The molecule has 0 saturated carbocycles. The average Bonchev–Trinajstić information content (AvgIpc) is 3.33. The Hall–Kier alpha value is -0.0418. The minimum atomic E-state index is -2.17. The van der Waals surface area contributed by atoms with Crippen LogP contribution in [0.4, 0.5) is 0 Å². The minimum absolute atomic E-state index is 0.553. The van der Waals surface area contributed by atoms with E-state index >= 15 is 0 Å². The molecule has 1 heterocycles. The van der Waals surface area contributed by atoms with Crippen molar-refractivity contribution in [2.75, 3.05) is 0 Å². The Bertz CT molecular complexity index is 1350. The topological polar surface area (TPSA) is 0 Å². The number of benzene rings is 2. The Morgan fingerprint density at radius 3 is 0.960 bits per heavy atom. The highest BCUT2D eigenvalue weighted by Crippen LogP contribution is 2.47. The van der Waals surface area contributed by atoms with Crippen LogP contribution in [0.3, 0.4) is 0 Å². The van der Waals surface area contributed by atoms with Gasteiger partial charge in [-0.3, -0.25) is 0 Å². The zero-order valence-electron chi connectivity index (χ0n) is 37.6. The van der Waals surface area contributed by atoms with Gasteiger partial charge in [-0.15, -0.1) is 0 Å². The molecule has 2 aromatic carbocycles. The highest BCUT2D eigenvalue weighted by atomic mass is 28.4. The first-order chi connectivity index (χ1) is 22.3. The summed E-state index contributed by atoms with van der Waals surface area (Å²) >= 11 is 0. The largest absolute Gasteiger partial charge is 0.119 e. The third kappa shape index (κ3) is 9.24. The second-order valence-electron chi connectivity index (χ2n) is 24.0. The van der Waals surface area contributed by atoms with E-state index in [1.807, 2.05) is 21.5 Å². The van der Waals surface area contributed by atoms with Gasteiger partial charge >= 0.3 is 0 Å². The van der Waals surface area contributed by atoms with Gasteiger partial charge < -0.3 is 0 Å². The van der Waals surface area contributed by atoms with Crippen LogP contribution in [-0.4, -0.2) is 56.5 Å². The van der Waals surface area contributed by atoms with Crippen LogP contribution in [0.15, 0.2) is 30.3 Å². The lowest BCUT2D eigenvalue weighted by atomic mass is 9.95. The van der Waals surface area contributed by atoms with Gasteiger partial charge in [0.1, 0.15) is 8.07 Å². The number of hydrogen-bond acceptors (Lipinski definition) is 0. The van der Waals surface area contributed by atoms with Crippen molar-refractivity contribution in [3.05, 3.63) is 58.1 Å². The molecule has 0 aliphatic carbocycles. The molecule has 0 aromatic heterocycles. The average molecular weight is 798 g/mol. The van der Waals surface area contributed by atoms with E-state index in [4.69, 9.17) is 0 Å². The van der Waals surface area contributed by atoms with Crippen molar-refractivity contribution in [1.29, 1.82) is 0 Å². The van der Waals surface area contributed by atoms with Gasteiger partial charge in [-0.05, 0) is 66.5 Å². The van der Waals surface area contributed by atoms with Crippen LogP contribution in [0.2, 0.25) is 130 Å². The number of rotatable bonds is 13. The van der Waals surface area contributed by atoms with Crippen LogP contribution in [0.25, 0.3) is 0 Å². The van der Waals surface area contributed by atoms with Gasteiger partial charge in [-0.25, -0.2) is 0 Å². The Morgan fingerprint density at radius 2 is 0.700 bits per heavy atom. The molecule has 2 aromatic rings. The molecule has 0 spiro atoms. The summed E-state index contributed by atoms with van der Waals surface area (Å²) in [7, 11) is -11.7. The molecule has 1 fully saturated rings. The first-order valence-electron chi connectivity index (χ1n) is 20.6. The third-order valence-corrected chi connectivity index (χ3v) is 45.5. The molecule has 1 aliphatic rings. The van der Waals surface area contributed by atoms with Crippen LogP contribution >= 0.6 is 0 Å². The van der Waals surface area contributed by atoms with Crippen LogP contribution in [0.5, 0.6) is 0 Å². The standard InChI is InChI=1S/C43H84Si7/c1-32(2)35-26-25-27-36(33(3)4)39(35)50(28-23-24-29-50)40-37(42(46(11,12)13)47(14,15)16)30-34(41(44(5,6)7)45(8,9)10)31-38(40)43(48(17,18)19)49(20,21)22/h25-27,30-33,41-43H,23-24,28-29H2,1-22H3. The van der Waals surface area contributed by atoms with Crippen molar-refractivity contribution in [3.8, 4) is 0 Å². The molecule has 0 radical (unpaired) electrons. The Morgan fingerprint density at radius 1 is 0.420 bits per heavy atom. The molecular weight excluding hydrogens is 713 g/mol. The van der Waals surface area contributed by atoms with Crippen molar-refractivity contribution in [2.24, 2.45) is 0 Å². The molecule has 0 unspecified atom stereocenters. The smallest absolute Gasteiger partial charge is 0.0693 e. The molecule has 1 aliphatic heterocycles. The fourth-order valence-corrected chi connectivity index (χ4v) is 57.7. The quantitative estimate of drug-likeness (QED) is 0.177. The first-order valence-corrected chi connectivity index (χ1v) is 44.5. The second-order valence-corrected chi connectivity index (χ2v) is 61.7. The van der Waals surface area contributed by atoms with E-state index in [1.54, 1.807) is 16.7 Å². The Labute approximate surface area is 320 Å². The molecule has 1 saturated heterocycles. The van der Waals surface area contributed by atoms with Crippen LogP contribution in [0, 0.1) is 0 Å². The van der Waals surface area contributed by atoms with E-state index in [0.717, 1.165) is 15.5 Å². The zero-order chi connectivity index (χ0) is 38.8. The Balaban J connectivity index is 2.92. The van der Waals surface area contributed by atoms with Crippen molar-refractivity contribution >= 4 is 66.9 Å². The van der Waals surface area contributed by atoms with Gasteiger partial charge in [0.15, 0.2) is 0 Å². The molecule has 0 bridgehead atoms. The molecule has 3 rings (SSSR count). The maximum absolute atomic E-state index is 3.01. The van der Waals surface area contributed by atoms with E-state index in [0.29, 0.717) is 11.8 Å². The summed E-state index contributed by atoms with van der Waals surface area (Å²) in [5.74, 6) is 1.11. The maximum Gasteiger partial charge on any atom is 0.119 e. The lowest BCUT2D eigenvalue weighted by Crippen LogP contribution is -2.64. The lowest BCUT2D eigenvalue weighted by molar-refractivity contribution is 0.843. The van der Waals surface area contributed by atoms with E-state index in [-0.39, 0.29) is 0 Å². The van der Waals surface area contributed by atoms with Crippen molar-refractivity contribution in [2.45, 2.75) is 198 Å². The summed E-state index contributed by atoms with van der Waals surface area (Å²) in [5, 5.41) is 6.22. The molecule has 0 amide bonds. The summed E-state index contributed by atoms with van der Waals surface area (Å²) in [4.78, 5) is 0. The first kappa shape index (κ1) is 44.4. The number of hydrogen-bond donors (Lipinski definition) is 0. The minimum Gasteiger partial charge on any atom is -0.0693 e. The summed E-state index contributed by atoms with van der Waals surface area (Å²) in [5.41, 5.74) is 9.05. The summed E-state index contributed by atoms with van der Waals surface area (Å²) < 4.78 is 0.